The highest BCUT2D eigenvalue weighted by Gasteiger charge is 2.22. The molecule has 1 aromatic heterocycles. The van der Waals surface area contributed by atoms with Gasteiger partial charge in [0.2, 0.25) is 0 Å². The van der Waals surface area contributed by atoms with Crippen molar-refractivity contribution in [2.24, 2.45) is 0 Å². The Balaban J connectivity index is 1.86. The summed E-state index contributed by atoms with van der Waals surface area (Å²) in [5.74, 6) is 0.280. The predicted octanol–water partition coefficient (Wildman–Crippen LogP) is 5.04. The minimum absolute atomic E-state index is 0.0647. The summed E-state index contributed by atoms with van der Waals surface area (Å²) in [6.07, 6.45) is 4.32. The second kappa shape index (κ2) is 10.2. The molecule has 176 valence electrons. The predicted molar refractivity (Wildman–Crippen MR) is 131 cm³/mol. The van der Waals surface area contributed by atoms with Gasteiger partial charge in [0.25, 0.3) is 11.2 Å². The number of H-pyrrole nitrogens is 1. The van der Waals surface area contributed by atoms with Crippen molar-refractivity contribution >= 4 is 28.2 Å². The summed E-state index contributed by atoms with van der Waals surface area (Å²) < 4.78 is 6.21. The van der Waals surface area contributed by atoms with Crippen LogP contribution in [0.25, 0.3) is 22.0 Å². The molecular weight excluding hydrogens is 456 g/mol. The number of nitro groups is 1. The van der Waals surface area contributed by atoms with Gasteiger partial charge in [-0.1, -0.05) is 35.7 Å². The van der Waals surface area contributed by atoms with E-state index < -0.39 is 10.5 Å². The van der Waals surface area contributed by atoms with Crippen LogP contribution in [-0.4, -0.2) is 29.1 Å². The Labute approximate surface area is 201 Å². The molecule has 34 heavy (non-hydrogen) atoms. The zero-order valence-corrected chi connectivity index (χ0v) is 19.6. The highest BCUT2D eigenvalue weighted by Crippen LogP contribution is 2.38. The van der Waals surface area contributed by atoms with E-state index in [2.05, 4.69) is 16.4 Å². The van der Waals surface area contributed by atoms with Gasteiger partial charge in [-0.3, -0.25) is 14.9 Å². The van der Waals surface area contributed by atoms with Crippen LogP contribution >= 0.6 is 11.6 Å². The van der Waals surface area contributed by atoms with Crippen molar-refractivity contribution in [3.8, 4) is 22.9 Å². The van der Waals surface area contributed by atoms with Gasteiger partial charge in [0.15, 0.2) is 0 Å². The minimum atomic E-state index is -0.556. The van der Waals surface area contributed by atoms with Gasteiger partial charge in [-0.2, -0.15) is 5.26 Å². The molecule has 1 aliphatic heterocycles. The molecule has 0 aliphatic carbocycles. The lowest BCUT2D eigenvalue weighted by atomic mass is 9.97. The maximum atomic E-state index is 13.2. The fourth-order valence-corrected chi connectivity index (χ4v) is 4.73. The number of nitriles is 1. The third-order valence-electron chi connectivity index (χ3n) is 6.06. The second-order valence-corrected chi connectivity index (χ2v) is 9.00. The van der Waals surface area contributed by atoms with Crippen LogP contribution in [0, 0.1) is 28.4 Å². The van der Waals surface area contributed by atoms with Crippen molar-refractivity contribution in [1.29, 1.82) is 5.26 Å². The topological polar surface area (TPSA) is 121 Å². The van der Waals surface area contributed by atoms with Crippen LogP contribution in [0.1, 0.15) is 36.8 Å². The molecule has 4 rings (SSSR count). The minimum Gasteiger partial charge on any atom is -0.492 e. The maximum absolute atomic E-state index is 13.2. The van der Waals surface area contributed by atoms with Crippen molar-refractivity contribution in [1.82, 2.24) is 10.3 Å². The smallest absolute Gasteiger partial charge is 0.288 e. The molecule has 0 saturated carbocycles. The zero-order valence-electron chi connectivity index (χ0n) is 18.8. The summed E-state index contributed by atoms with van der Waals surface area (Å²) in [6.45, 7) is 3.20. The number of piperidine rings is 1. The Morgan fingerprint density at radius 2 is 2.09 bits per heavy atom. The Morgan fingerprint density at radius 1 is 1.26 bits per heavy atom. The summed E-state index contributed by atoms with van der Waals surface area (Å²) in [6, 6.07) is 10.7. The molecule has 0 amide bonds. The van der Waals surface area contributed by atoms with Crippen molar-refractivity contribution in [2.75, 3.05) is 13.2 Å². The van der Waals surface area contributed by atoms with E-state index in [1.54, 1.807) is 6.07 Å². The summed E-state index contributed by atoms with van der Waals surface area (Å²) in [5.41, 5.74) is 2.25. The van der Waals surface area contributed by atoms with Gasteiger partial charge in [0.1, 0.15) is 10.8 Å². The maximum Gasteiger partial charge on any atom is 0.288 e. The number of benzene rings is 2. The number of fused-ring (bicyclic) bond motifs is 1. The first-order valence-corrected chi connectivity index (χ1v) is 11.6. The van der Waals surface area contributed by atoms with Gasteiger partial charge in [-0.25, -0.2) is 0 Å². The molecular formula is C25H25ClN4O4. The molecule has 1 atom stereocenters. The van der Waals surface area contributed by atoms with Gasteiger partial charge in [0.05, 0.1) is 35.1 Å². The average Bonchev–Trinajstić information content (AvgIpc) is 2.79. The molecule has 1 unspecified atom stereocenters. The normalized spacial score (nSPS) is 15.7. The standard InChI is InChI=1S/C25H25ClN4O4/c1-15-10-16(5-7-27)12-17(11-15)23-24(34-9-6-18-4-2-3-8-28-18)19-13-22(30(32)33)20(26)14-21(19)29-25(23)31/h10-14,18,28H,2-6,8-9H2,1H3,(H,29,31). The Morgan fingerprint density at radius 3 is 2.79 bits per heavy atom. The number of nitro benzene ring substituents is 1. The number of aryl methyl sites for hydroxylation is 1. The van der Waals surface area contributed by atoms with E-state index in [0.29, 0.717) is 29.1 Å². The number of pyridine rings is 1. The van der Waals surface area contributed by atoms with Gasteiger partial charge < -0.3 is 15.0 Å². The van der Waals surface area contributed by atoms with Crippen LogP contribution < -0.4 is 15.6 Å². The lowest BCUT2D eigenvalue weighted by molar-refractivity contribution is -0.384. The van der Waals surface area contributed by atoms with Crippen molar-refractivity contribution in [3.63, 3.8) is 0 Å². The van der Waals surface area contributed by atoms with E-state index in [0.717, 1.165) is 43.4 Å². The van der Waals surface area contributed by atoms with Crippen LogP contribution in [0.5, 0.6) is 5.75 Å². The average molecular weight is 481 g/mol. The SMILES string of the molecule is Cc1cc(CC#N)cc(-c2c(OCCC3CCCCN3)c3cc([N+](=O)[O-])c(Cl)cc3[nH]c2=O)c1. The summed E-state index contributed by atoms with van der Waals surface area (Å²) in [5, 5.41) is 24.5. The lowest BCUT2D eigenvalue weighted by Gasteiger charge is -2.23. The lowest BCUT2D eigenvalue weighted by Crippen LogP contribution is -2.35. The number of nitrogens with one attached hydrogen (secondary N) is 2. The van der Waals surface area contributed by atoms with Gasteiger partial charge in [-0.05, 0) is 56.0 Å². The molecule has 1 fully saturated rings. The highest BCUT2D eigenvalue weighted by molar-refractivity contribution is 6.33. The van der Waals surface area contributed by atoms with Crippen LogP contribution in [0.4, 0.5) is 5.69 Å². The Hall–Kier alpha value is -3.41. The van der Waals surface area contributed by atoms with Gasteiger partial charge in [-0.15, -0.1) is 0 Å². The molecule has 2 heterocycles. The largest absolute Gasteiger partial charge is 0.492 e. The molecule has 0 radical (unpaired) electrons. The van der Waals surface area contributed by atoms with Crippen LogP contribution in [0.2, 0.25) is 5.02 Å². The number of aromatic amines is 1. The van der Waals surface area contributed by atoms with Gasteiger partial charge in [0, 0.05) is 17.5 Å². The summed E-state index contributed by atoms with van der Waals surface area (Å²) in [4.78, 5) is 27.0. The molecule has 0 bridgehead atoms. The fraction of sp³-hybridized carbons (Fsp3) is 0.360. The molecule has 2 N–H and O–H groups in total. The van der Waals surface area contributed by atoms with E-state index in [9.17, 15) is 14.9 Å². The zero-order chi connectivity index (χ0) is 24.2. The van der Waals surface area contributed by atoms with Crippen LogP contribution in [-0.2, 0) is 6.42 Å². The number of hydrogen-bond acceptors (Lipinski definition) is 6. The second-order valence-electron chi connectivity index (χ2n) is 8.59. The first kappa shape index (κ1) is 23.7. The Kier molecular flexibility index (Phi) is 7.15. The van der Waals surface area contributed by atoms with Gasteiger partial charge >= 0.3 is 0 Å². The number of nitrogens with zero attached hydrogens (tertiary/aromatic N) is 2. The molecule has 8 nitrogen and oxygen atoms in total. The van der Waals surface area contributed by atoms with E-state index >= 15 is 0 Å². The third-order valence-corrected chi connectivity index (χ3v) is 6.37. The molecule has 0 spiro atoms. The van der Waals surface area contributed by atoms with Crippen molar-refractivity contribution < 1.29 is 9.66 Å². The van der Waals surface area contributed by atoms with Crippen LogP contribution in [0.15, 0.2) is 35.1 Å². The highest BCUT2D eigenvalue weighted by atomic mass is 35.5. The summed E-state index contributed by atoms with van der Waals surface area (Å²) >= 11 is 6.10. The van der Waals surface area contributed by atoms with Crippen molar-refractivity contribution in [2.45, 2.75) is 45.1 Å². The van der Waals surface area contributed by atoms with Crippen LogP contribution in [0.3, 0.4) is 0 Å². The third kappa shape index (κ3) is 5.06. The number of rotatable bonds is 7. The number of aromatic nitrogens is 1. The van der Waals surface area contributed by atoms with E-state index in [4.69, 9.17) is 21.6 Å². The monoisotopic (exact) mass is 480 g/mol. The quantitative estimate of drug-likeness (QED) is 0.361. The Bertz CT molecular complexity index is 1340. The number of ether oxygens (including phenoxy) is 1. The first-order chi connectivity index (χ1) is 16.4. The molecule has 1 saturated heterocycles. The first-order valence-electron chi connectivity index (χ1n) is 11.3. The van der Waals surface area contributed by atoms with Crippen molar-refractivity contribution in [3.05, 3.63) is 66.9 Å². The molecule has 2 aromatic carbocycles. The van der Waals surface area contributed by atoms with E-state index in [1.165, 1.54) is 12.1 Å². The molecule has 1 aliphatic rings. The number of hydrogen-bond donors (Lipinski definition) is 2. The number of halogens is 1. The molecule has 9 heteroatoms. The fourth-order valence-electron chi connectivity index (χ4n) is 4.50. The summed E-state index contributed by atoms with van der Waals surface area (Å²) in [7, 11) is 0. The van der Waals surface area contributed by atoms with E-state index in [-0.39, 0.29) is 28.4 Å². The van der Waals surface area contributed by atoms with E-state index in [1.807, 2.05) is 19.1 Å². The molecule has 3 aromatic rings.